The van der Waals surface area contributed by atoms with Gasteiger partial charge in [0.1, 0.15) is 0 Å². The quantitative estimate of drug-likeness (QED) is 0.459. The molecule has 90 valence electrons. The Morgan fingerprint density at radius 1 is 1.69 bits per heavy atom. The van der Waals surface area contributed by atoms with Crippen LogP contribution in [0.25, 0.3) is 0 Å². The lowest BCUT2D eigenvalue weighted by Gasteiger charge is -2.15. The van der Waals surface area contributed by atoms with Crippen molar-refractivity contribution >= 4 is 29.3 Å². The van der Waals surface area contributed by atoms with E-state index in [1.54, 1.807) is 0 Å². The highest BCUT2D eigenvalue weighted by molar-refractivity contribution is 8.03. The van der Waals surface area contributed by atoms with E-state index < -0.39 is 4.92 Å². The lowest BCUT2D eigenvalue weighted by Crippen LogP contribution is -2.25. The number of allylic oxidation sites excluding steroid dienone is 1. The zero-order valence-electron chi connectivity index (χ0n) is 9.02. The highest BCUT2D eigenvalue weighted by Gasteiger charge is 2.28. The van der Waals surface area contributed by atoms with Crippen LogP contribution in [0.3, 0.4) is 0 Å². The molecule has 5 nitrogen and oxygen atoms in total. The molecule has 0 aromatic rings. The second kappa shape index (κ2) is 6.80. The summed E-state index contributed by atoms with van der Waals surface area (Å²) in [6.45, 7) is 0.704. The van der Waals surface area contributed by atoms with E-state index in [9.17, 15) is 14.9 Å². The number of thioether (sulfide) groups is 2. The number of rotatable bonds is 5. The summed E-state index contributed by atoms with van der Waals surface area (Å²) in [5.41, 5.74) is -0.265. The maximum absolute atomic E-state index is 11.7. The van der Waals surface area contributed by atoms with Gasteiger partial charge in [0.2, 0.25) is 5.78 Å². The molecule has 1 fully saturated rings. The number of ketones is 1. The van der Waals surface area contributed by atoms with Gasteiger partial charge in [-0.25, -0.2) is 0 Å². The minimum Gasteiger partial charge on any atom is -0.374 e. The molecule has 1 aliphatic rings. The van der Waals surface area contributed by atoms with Crippen molar-refractivity contribution in [1.29, 1.82) is 0 Å². The van der Waals surface area contributed by atoms with Crippen molar-refractivity contribution in [3.63, 3.8) is 0 Å². The van der Waals surface area contributed by atoms with Gasteiger partial charge in [-0.15, -0.1) is 11.8 Å². The molecule has 0 unspecified atom stereocenters. The number of nitro groups is 1. The van der Waals surface area contributed by atoms with Gasteiger partial charge in [0.05, 0.1) is 4.92 Å². The molecule has 0 bridgehead atoms. The van der Waals surface area contributed by atoms with Gasteiger partial charge >= 0.3 is 5.70 Å². The third-order valence-electron chi connectivity index (χ3n) is 2.05. The maximum Gasteiger partial charge on any atom is 0.341 e. The van der Waals surface area contributed by atoms with Crippen LogP contribution in [0.2, 0.25) is 0 Å². The van der Waals surface area contributed by atoms with Gasteiger partial charge in [0.15, 0.2) is 5.03 Å². The summed E-state index contributed by atoms with van der Waals surface area (Å²) in [4.78, 5) is 22.0. The van der Waals surface area contributed by atoms with Crippen LogP contribution < -0.4 is 5.32 Å². The summed E-state index contributed by atoms with van der Waals surface area (Å²) in [7, 11) is 0. The SMILES string of the molecule is CSCCC(=O)/C(=C1/NCCCS1)[N+](=O)[O-]. The van der Waals surface area contributed by atoms with E-state index in [2.05, 4.69) is 5.32 Å². The Labute approximate surface area is 103 Å². The van der Waals surface area contributed by atoms with Gasteiger partial charge in [-0.2, -0.15) is 11.8 Å². The van der Waals surface area contributed by atoms with Crippen molar-refractivity contribution in [3.05, 3.63) is 20.8 Å². The fourth-order valence-corrected chi connectivity index (χ4v) is 2.69. The van der Waals surface area contributed by atoms with Crippen LogP contribution in [0.5, 0.6) is 0 Å². The van der Waals surface area contributed by atoms with E-state index in [1.165, 1.54) is 23.5 Å². The Kier molecular flexibility index (Phi) is 5.68. The smallest absolute Gasteiger partial charge is 0.341 e. The Morgan fingerprint density at radius 3 is 2.94 bits per heavy atom. The maximum atomic E-state index is 11.7. The monoisotopic (exact) mass is 262 g/mol. The molecule has 0 atom stereocenters. The van der Waals surface area contributed by atoms with E-state index in [4.69, 9.17) is 0 Å². The first-order chi connectivity index (χ1) is 7.66. The fraction of sp³-hybridized carbons (Fsp3) is 0.667. The zero-order chi connectivity index (χ0) is 12.0. The normalized spacial score (nSPS) is 18.8. The fourth-order valence-electron chi connectivity index (χ4n) is 1.28. The van der Waals surface area contributed by atoms with Crippen LogP contribution in [0, 0.1) is 10.1 Å². The van der Waals surface area contributed by atoms with Crippen molar-refractivity contribution in [2.45, 2.75) is 12.8 Å². The summed E-state index contributed by atoms with van der Waals surface area (Å²) in [5.74, 6) is 1.07. The number of carbonyl (C=O) groups is 1. The van der Waals surface area contributed by atoms with Gasteiger partial charge in [0, 0.05) is 24.5 Å². The summed E-state index contributed by atoms with van der Waals surface area (Å²) in [6, 6.07) is 0. The van der Waals surface area contributed by atoms with Crippen LogP contribution in [0.15, 0.2) is 10.7 Å². The molecule has 0 aromatic carbocycles. The molecule has 0 saturated carbocycles. The minimum absolute atomic E-state index is 0.225. The molecule has 7 heteroatoms. The standard InChI is InChI=1S/C9H14N2O3S2/c1-15-6-3-7(12)8(11(13)14)9-10-4-2-5-16-9/h10H,2-6H2,1H3/b9-8+. The first-order valence-electron chi connectivity index (χ1n) is 4.94. The molecule has 0 aliphatic carbocycles. The van der Waals surface area contributed by atoms with E-state index in [0.29, 0.717) is 17.3 Å². The zero-order valence-corrected chi connectivity index (χ0v) is 10.7. The van der Waals surface area contributed by atoms with Crippen LogP contribution in [-0.4, -0.2) is 35.0 Å². The Balaban J connectivity index is 2.80. The molecule has 0 radical (unpaired) electrons. The second-order valence-corrected chi connectivity index (χ2v) is 5.32. The van der Waals surface area contributed by atoms with E-state index in [0.717, 1.165) is 12.2 Å². The molecule has 1 heterocycles. The Morgan fingerprint density at radius 2 is 2.44 bits per heavy atom. The highest BCUT2D eigenvalue weighted by atomic mass is 32.2. The van der Waals surface area contributed by atoms with Crippen molar-refractivity contribution in [3.8, 4) is 0 Å². The van der Waals surface area contributed by atoms with Crippen LogP contribution >= 0.6 is 23.5 Å². The van der Waals surface area contributed by atoms with Crippen molar-refractivity contribution in [2.24, 2.45) is 0 Å². The summed E-state index contributed by atoms with van der Waals surface area (Å²) < 4.78 is 0. The second-order valence-electron chi connectivity index (χ2n) is 3.23. The number of nitrogens with zero attached hydrogens (tertiary/aromatic N) is 1. The van der Waals surface area contributed by atoms with Crippen LogP contribution in [0.4, 0.5) is 0 Å². The number of hydrogen-bond donors (Lipinski definition) is 1. The number of carbonyl (C=O) groups excluding carboxylic acids is 1. The van der Waals surface area contributed by atoms with Gasteiger partial charge < -0.3 is 5.32 Å². The number of Topliss-reactive ketones (excluding diaryl/α,β-unsaturated/α-hetero) is 1. The van der Waals surface area contributed by atoms with Crippen molar-refractivity contribution in [2.75, 3.05) is 24.3 Å². The predicted octanol–water partition coefficient (Wildman–Crippen LogP) is 1.48. The molecule has 1 N–H and O–H groups in total. The molecule has 0 amide bonds. The van der Waals surface area contributed by atoms with E-state index in [1.807, 2.05) is 6.26 Å². The first kappa shape index (κ1) is 13.4. The lowest BCUT2D eigenvalue weighted by molar-refractivity contribution is -0.419. The summed E-state index contributed by atoms with van der Waals surface area (Å²) in [5, 5.41) is 14.2. The summed E-state index contributed by atoms with van der Waals surface area (Å²) >= 11 is 2.87. The highest BCUT2D eigenvalue weighted by Crippen LogP contribution is 2.23. The van der Waals surface area contributed by atoms with Gasteiger partial charge in [-0.05, 0) is 12.7 Å². The van der Waals surface area contributed by atoms with E-state index in [-0.39, 0.29) is 17.9 Å². The van der Waals surface area contributed by atoms with Crippen LogP contribution in [-0.2, 0) is 4.79 Å². The largest absolute Gasteiger partial charge is 0.374 e. The van der Waals surface area contributed by atoms with Crippen LogP contribution in [0.1, 0.15) is 12.8 Å². The predicted molar refractivity (Wildman–Crippen MR) is 67.1 cm³/mol. The van der Waals surface area contributed by atoms with Gasteiger partial charge in [-0.3, -0.25) is 14.9 Å². The first-order valence-corrected chi connectivity index (χ1v) is 7.32. The average molecular weight is 262 g/mol. The van der Waals surface area contributed by atoms with Crippen molar-refractivity contribution in [1.82, 2.24) is 5.32 Å². The molecule has 1 rings (SSSR count). The molecule has 1 aliphatic heterocycles. The summed E-state index contributed by atoms with van der Waals surface area (Å²) in [6.07, 6.45) is 3.07. The Bertz CT molecular complexity index is 310. The molecule has 0 aromatic heterocycles. The third kappa shape index (κ3) is 3.71. The van der Waals surface area contributed by atoms with Gasteiger partial charge in [-0.1, -0.05) is 0 Å². The number of hydrogen-bond acceptors (Lipinski definition) is 6. The third-order valence-corrected chi connectivity index (χ3v) is 3.78. The Hall–Kier alpha value is -0.690. The molecular weight excluding hydrogens is 248 g/mol. The lowest BCUT2D eigenvalue weighted by atomic mass is 10.2. The van der Waals surface area contributed by atoms with Crippen molar-refractivity contribution < 1.29 is 9.72 Å². The molecular formula is C9H14N2O3S2. The molecule has 16 heavy (non-hydrogen) atoms. The topological polar surface area (TPSA) is 72.2 Å². The van der Waals surface area contributed by atoms with E-state index >= 15 is 0 Å². The minimum atomic E-state index is -0.566. The average Bonchev–Trinajstić information content (AvgIpc) is 2.27. The van der Waals surface area contributed by atoms with Gasteiger partial charge in [0.25, 0.3) is 0 Å². The molecule has 0 spiro atoms. The molecule has 1 saturated heterocycles. The number of nitrogens with one attached hydrogen (secondary N) is 1.